The van der Waals surface area contributed by atoms with Crippen LogP contribution >= 0.6 is 0 Å². The minimum absolute atomic E-state index is 0.0162. The second-order valence-corrected chi connectivity index (χ2v) is 7.80. The third kappa shape index (κ3) is 4.34. The van der Waals surface area contributed by atoms with Crippen molar-refractivity contribution in [2.24, 2.45) is 0 Å². The largest absolute Gasteiger partial charge is 0.356 e. The summed E-state index contributed by atoms with van der Waals surface area (Å²) in [5, 5.41) is 10.8. The number of nitrogens with zero attached hydrogens (tertiary/aromatic N) is 6. The molecule has 1 aromatic heterocycles. The van der Waals surface area contributed by atoms with E-state index in [9.17, 15) is 14.9 Å². The monoisotopic (exact) mass is 410 g/mol. The fourth-order valence-corrected chi connectivity index (χ4v) is 3.98. The molecule has 2 aromatic rings. The molecule has 0 spiro atoms. The molecule has 2 fully saturated rings. The summed E-state index contributed by atoms with van der Waals surface area (Å²) in [5.74, 6) is 1.60. The molecule has 0 N–H and O–H groups in total. The molecule has 158 valence electrons. The van der Waals surface area contributed by atoms with Gasteiger partial charge in [0.15, 0.2) is 0 Å². The Hall–Kier alpha value is -3.23. The number of non-ortho nitro benzene ring substituents is 1. The summed E-state index contributed by atoms with van der Waals surface area (Å²) < 4.78 is 0. The van der Waals surface area contributed by atoms with Crippen molar-refractivity contribution in [1.82, 2.24) is 14.9 Å². The van der Waals surface area contributed by atoms with Gasteiger partial charge in [-0.3, -0.25) is 14.9 Å². The maximum absolute atomic E-state index is 12.7. The van der Waals surface area contributed by atoms with Crippen molar-refractivity contribution in [1.29, 1.82) is 0 Å². The van der Waals surface area contributed by atoms with Gasteiger partial charge in [0, 0.05) is 68.7 Å². The summed E-state index contributed by atoms with van der Waals surface area (Å²) >= 11 is 0. The number of anilines is 2. The highest BCUT2D eigenvalue weighted by Gasteiger charge is 2.25. The summed E-state index contributed by atoms with van der Waals surface area (Å²) in [5.41, 5.74) is 1.40. The highest BCUT2D eigenvalue weighted by atomic mass is 16.6. The van der Waals surface area contributed by atoms with Gasteiger partial charge < -0.3 is 14.7 Å². The minimum Gasteiger partial charge on any atom is -0.356 e. The predicted octanol–water partition coefficient (Wildman–Crippen LogP) is 2.65. The van der Waals surface area contributed by atoms with Crippen molar-refractivity contribution >= 4 is 23.4 Å². The van der Waals surface area contributed by atoms with Crippen LogP contribution in [0.1, 0.15) is 35.3 Å². The van der Waals surface area contributed by atoms with Crippen molar-refractivity contribution in [2.75, 3.05) is 49.1 Å². The third-order valence-electron chi connectivity index (χ3n) is 5.68. The van der Waals surface area contributed by atoms with Crippen molar-refractivity contribution in [3.63, 3.8) is 0 Å². The fraction of sp³-hybridized carbons (Fsp3) is 0.476. The highest BCUT2D eigenvalue weighted by molar-refractivity contribution is 5.94. The first kappa shape index (κ1) is 20.1. The van der Waals surface area contributed by atoms with Crippen LogP contribution in [0.15, 0.2) is 30.3 Å². The smallest absolute Gasteiger partial charge is 0.269 e. The van der Waals surface area contributed by atoms with Gasteiger partial charge in [0.05, 0.1) is 4.92 Å². The first-order valence-corrected chi connectivity index (χ1v) is 10.4. The third-order valence-corrected chi connectivity index (χ3v) is 5.68. The number of hydrogen-bond donors (Lipinski definition) is 0. The van der Waals surface area contributed by atoms with Gasteiger partial charge in [0.2, 0.25) is 5.95 Å². The zero-order chi connectivity index (χ0) is 21.1. The second kappa shape index (κ2) is 8.64. The van der Waals surface area contributed by atoms with E-state index in [1.807, 2.05) is 13.0 Å². The first-order valence-electron chi connectivity index (χ1n) is 10.4. The molecule has 2 saturated heterocycles. The Morgan fingerprint density at radius 3 is 2.23 bits per heavy atom. The van der Waals surface area contributed by atoms with Crippen molar-refractivity contribution in [3.8, 4) is 0 Å². The maximum Gasteiger partial charge on any atom is 0.269 e. The number of piperazine rings is 1. The van der Waals surface area contributed by atoms with Crippen molar-refractivity contribution < 1.29 is 9.72 Å². The van der Waals surface area contributed by atoms with Crippen LogP contribution in [0, 0.1) is 17.0 Å². The van der Waals surface area contributed by atoms with Crippen LogP contribution in [0.4, 0.5) is 17.5 Å². The molecule has 0 radical (unpaired) electrons. The Bertz CT molecular complexity index is 919. The van der Waals surface area contributed by atoms with E-state index in [0.29, 0.717) is 31.7 Å². The lowest BCUT2D eigenvalue weighted by Crippen LogP contribution is -2.49. The number of carbonyl (C=O) groups is 1. The molecule has 2 aliphatic rings. The van der Waals surface area contributed by atoms with Crippen LogP contribution in [0.25, 0.3) is 0 Å². The normalized spacial score (nSPS) is 17.2. The molecule has 0 bridgehead atoms. The quantitative estimate of drug-likeness (QED) is 0.565. The number of rotatable bonds is 4. The van der Waals surface area contributed by atoms with Gasteiger partial charge in [-0.05, 0) is 38.3 Å². The molecule has 0 unspecified atom stereocenters. The van der Waals surface area contributed by atoms with Gasteiger partial charge in [-0.2, -0.15) is 4.98 Å². The topological polar surface area (TPSA) is 95.7 Å². The van der Waals surface area contributed by atoms with E-state index in [4.69, 9.17) is 4.98 Å². The predicted molar refractivity (Wildman–Crippen MR) is 114 cm³/mol. The van der Waals surface area contributed by atoms with E-state index in [1.54, 1.807) is 4.90 Å². The molecule has 9 nitrogen and oxygen atoms in total. The van der Waals surface area contributed by atoms with Crippen LogP contribution in [-0.2, 0) is 0 Å². The van der Waals surface area contributed by atoms with Crippen LogP contribution < -0.4 is 9.80 Å². The molecular formula is C21H26N6O3. The number of aromatic nitrogens is 2. The number of nitro groups is 1. The van der Waals surface area contributed by atoms with Crippen LogP contribution in [0.5, 0.6) is 0 Å². The Morgan fingerprint density at radius 1 is 0.933 bits per heavy atom. The average molecular weight is 410 g/mol. The number of aryl methyl sites for hydroxylation is 1. The van der Waals surface area contributed by atoms with Gasteiger partial charge in [0.25, 0.3) is 11.6 Å². The number of carbonyl (C=O) groups excluding carboxylic acids is 1. The van der Waals surface area contributed by atoms with Gasteiger partial charge in [0.1, 0.15) is 5.82 Å². The Kier molecular flexibility index (Phi) is 5.78. The molecule has 0 atom stereocenters. The van der Waals surface area contributed by atoms with E-state index >= 15 is 0 Å². The molecule has 30 heavy (non-hydrogen) atoms. The van der Waals surface area contributed by atoms with Crippen LogP contribution in [0.3, 0.4) is 0 Å². The number of nitro benzene ring substituents is 1. The number of amides is 1. The lowest BCUT2D eigenvalue weighted by molar-refractivity contribution is -0.384. The zero-order valence-electron chi connectivity index (χ0n) is 17.2. The van der Waals surface area contributed by atoms with Crippen molar-refractivity contribution in [3.05, 3.63) is 51.7 Å². The maximum atomic E-state index is 12.7. The molecule has 1 aromatic carbocycles. The summed E-state index contributed by atoms with van der Waals surface area (Å²) in [7, 11) is 0. The molecular weight excluding hydrogens is 384 g/mol. The molecule has 0 saturated carbocycles. The summed E-state index contributed by atoms with van der Waals surface area (Å²) in [4.78, 5) is 38.7. The molecule has 0 aliphatic carbocycles. The average Bonchev–Trinajstić information content (AvgIpc) is 2.79. The van der Waals surface area contributed by atoms with Gasteiger partial charge in [-0.1, -0.05) is 0 Å². The Morgan fingerprint density at radius 2 is 1.60 bits per heavy atom. The van der Waals surface area contributed by atoms with Gasteiger partial charge >= 0.3 is 0 Å². The van der Waals surface area contributed by atoms with E-state index in [0.717, 1.165) is 30.5 Å². The van der Waals surface area contributed by atoms with Gasteiger partial charge in [-0.25, -0.2) is 4.98 Å². The molecule has 3 heterocycles. The number of piperidine rings is 1. The van der Waals surface area contributed by atoms with E-state index in [1.165, 1.54) is 43.5 Å². The highest BCUT2D eigenvalue weighted by Crippen LogP contribution is 2.22. The summed E-state index contributed by atoms with van der Waals surface area (Å²) in [6.45, 7) is 6.50. The van der Waals surface area contributed by atoms with Gasteiger partial charge in [-0.15, -0.1) is 0 Å². The second-order valence-electron chi connectivity index (χ2n) is 7.80. The fourth-order valence-electron chi connectivity index (χ4n) is 3.98. The van der Waals surface area contributed by atoms with Crippen LogP contribution in [-0.4, -0.2) is 65.0 Å². The lowest BCUT2D eigenvalue weighted by atomic mass is 10.1. The van der Waals surface area contributed by atoms with Crippen molar-refractivity contribution in [2.45, 2.75) is 26.2 Å². The standard InChI is InChI=1S/C21H26N6O3/c1-16-15-19(24-9-3-2-4-10-24)23-21(22-16)26-13-11-25(12-14-26)20(28)17-5-7-18(8-6-17)27(29)30/h5-8,15H,2-4,9-14H2,1H3. The summed E-state index contributed by atoms with van der Waals surface area (Å²) in [6, 6.07) is 7.81. The number of hydrogen-bond acceptors (Lipinski definition) is 7. The van der Waals surface area contributed by atoms with E-state index < -0.39 is 4.92 Å². The first-order chi connectivity index (χ1) is 14.5. The summed E-state index contributed by atoms with van der Waals surface area (Å²) in [6.07, 6.45) is 3.67. The Balaban J connectivity index is 1.41. The van der Waals surface area contributed by atoms with E-state index in [-0.39, 0.29) is 11.6 Å². The molecule has 2 aliphatic heterocycles. The zero-order valence-corrected chi connectivity index (χ0v) is 17.2. The minimum atomic E-state index is -0.465. The molecule has 9 heteroatoms. The SMILES string of the molecule is Cc1cc(N2CCCCC2)nc(N2CCN(C(=O)c3ccc([N+](=O)[O-])cc3)CC2)n1. The Labute approximate surface area is 175 Å². The lowest BCUT2D eigenvalue weighted by Gasteiger charge is -2.35. The van der Waals surface area contributed by atoms with Crippen LogP contribution in [0.2, 0.25) is 0 Å². The van der Waals surface area contributed by atoms with E-state index in [2.05, 4.69) is 14.8 Å². The number of benzene rings is 1. The molecule has 4 rings (SSSR count). The molecule has 1 amide bonds.